The number of hydrogen-bond acceptors (Lipinski definition) is 3. The van der Waals surface area contributed by atoms with E-state index in [1.807, 2.05) is 18.2 Å². The second-order valence-corrected chi connectivity index (χ2v) is 6.02. The highest BCUT2D eigenvalue weighted by molar-refractivity contribution is 5.68. The molecule has 1 atom stereocenters. The van der Waals surface area contributed by atoms with Gasteiger partial charge in [0.05, 0.1) is 18.0 Å². The van der Waals surface area contributed by atoms with Crippen molar-refractivity contribution in [3.63, 3.8) is 0 Å². The zero-order valence-electron chi connectivity index (χ0n) is 13.2. The van der Waals surface area contributed by atoms with Crippen molar-refractivity contribution in [2.75, 3.05) is 0 Å². The summed E-state index contributed by atoms with van der Waals surface area (Å²) in [7, 11) is 0. The Morgan fingerprint density at radius 3 is 2.74 bits per heavy atom. The number of rotatable bonds is 3. The average molecular weight is 311 g/mol. The lowest BCUT2D eigenvalue weighted by Crippen LogP contribution is -2.13. The maximum absolute atomic E-state index is 11.7. The van der Waals surface area contributed by atoms with Crippen molar-refractivity contribution in [3.05, 3.63) is 64.1 Å². The Hall–Kier alpha value is -2.33. The molecular weight excluding hydrogens is 290 g/mol. The van der Waals surface area contributed by atoms with E-state index in [0.29, 0.717) is 5.69 Å². The Morgan fingerprint density at radius 2 is 2.04 bits per heavy atom. The zero-order valence-corrected chi connectivity index (χ0v) is 13.2. The van der Waals surface area contributed by atoms with Crippen molar-refractivity contribution in [2.45, 2.75) is 38.7 Å². The topological polar surface area (TPSA) is 62.5 Å². The maximum Gasteiger partial charge on any atom is 0.223 e. The van der Waals surface area contributed by atoms with Gasteiger partial charge in [-0.3, -0.25) is 4.79 Å². The molecule has 3 rings (SSSR count). The molecule has 1 unspecified atom stereocenters. The average Bonchev–Trinajstić information content (AvgIpc) is 2.57. The summed E-state index contributed by atoms with van der Waals surface area (Å²) in [5.74, 6) is -0.323. The number of aliphatic hydroxyl groups is 1. The minimum Gasteiger partial charge on any atom is -0.503 e. The molecule has 1 aliphatic rings. The molecular formula is C19H21NO3. The number of allylic oxidation sites excluding steroid dienone is 2. The molecule has 120 valence electrons. The predicted octanol–water partition coefficient (Wildman–Crippen LogP) is 3.55. The molecule has 0 bridgehead atoms. The smallest absolute Gasteiger partial charge is 0.223 e. The molecule has 0 saturated heterocycles. The zero-order chi connectivity index (χ0) is 16.4. The van der Waals surface area contributed by atoms with Crippen molar-refractivity contribution in [3.8, 4) is 11.4 Å². The summed E-state index contributed by atoms with van der Waals surface area (Å²) in [4.78, 5) is 11.7. The minimum atomic E-state index is -0.805. The molecule has 4 nitrogen and oxygen atoms in total. The van der Waals surface area contributed by atoms with Crippen LogP contribution in [-0.2, 0) is 0 Å². The minimum absolute atomic E-state index is 0.323. The van der Waals surface area contributed by atoms with E-state index in [0.717, 1.165) is 24.1 Å². The summed E-state index contributed by atoms with van der Waals surface area (Å²) in [5, 5.41) is 19.7. The standard InChI is InChI=1S/C19H21NO3/c1-13(21)17-11-18(22)19(23)12-20(17)16-9-5-8-15(10-16)14-6-3-2-4-7-14/h5-6,8-13,21,23H,2-4,7H2,1H3. The summed E-state index contributed by atoms with van der Waals surface area (Å²) in [5.41, 5.74) is 3.28. The molecule has 1 aromatic heterocycles. The lowest BCUT2D eigenvalue weighted by Gasteiger charge is -2.18. The molecule has 1 aliphatic carbocycles. The molecule has 0 fully saturated rings. The number of nitrogens with zero attached hydrogens (tertiary/aromatic N) is 1. The Kier molecular flexibility index (Phi) is 4.35. The summed E-state index contributed by atoms with van der Waals surface area (Å²) in [6, 6.07) is 9.26. The van der Waals surface area contributed by atoms with E-state index in [1.54, 1.807) is 11.5 Å². The highest BCUT2D eigenvalue weighted by Crippen LogP contribution is 2.28. The third-order valence-corrected chi connectivity index (χ3v) is 4.28. The van der Waals surface area contributed by atoms with Crippen molar-refractivity contribution < 1.29 is 10.2 Å². The third-order valence-electron chi connectivity index (χ3n) is 4.28. The van der Waals surface area contributed by atoms with E-state index >= 15 is 0 Å². The second-order valence-electron chi connectivity index (χ2n) is 6.02. The Morgan fingerprint density at radius 1 is 1.22 bits per heavy atom. The van der Waals surface area contributed by atoms with Crippen LogP contribution in [-0.4, -0.2) is 14.8 Å². The molecule has 23 heavy (non-hydrogen) atoms. The van der Waals surface area contributed by atoms with Gasteiger partial charge in [0.2, 0.25) is 5.43 Å². The van der Waals surface area contributed by atoms with Gasteiger partial charge in [0, 0.05) is 11.8 Å². The normalized spacial score (nSPS) is 16.0. The van der Waals surface area contributed by atoms with Crippen LogP contribution >= 0.6 is 0 Å². The van der Waals surface area contributed by atoms with Crippen molar-refractivity contribution >= 4 is 5.57 Å². The van der Waals surface area contributed by atoms with E-state index in [1.165, 1.54) is 30.7 Å². The fraction of sp³-hybridized carbons (Fsp3) is 0.316. The molecule has 1 heterocycles. The van der Waals surface area contributed by atoms with Gasteiger partial charge in [0.25, 0.3) is 0 Å². The molecule has 0 radical (unpaired) electrons. The molecule has 2 N–H and O–H groups in total. The fourth-order valence-corrected chi connectivity index (χ4v) is 3.04. The SMILES string of the molecule is CC(O)c1cc(=O)c(O)cn1-c1cccc(C2=CCCCC2)c1. The molecule has 2 aromatic rings. The number of aromatic hydroxyl groups is 1. The van der Waals surface area contributed by atoms with Crippen LogP contribution < -0.4 is 5.43 Å². The van der Waals surface area contributed by atoms with Crippen LogP contribution in [0.25, 0.3) is 11.3 Å². The van der Waals surface area contributed by atoms with Crippen LogP contribution in [0, 0.1) is 0 Å². The summed E-state index contributed by atoms with van der Waals surface area (Å²) >= 11 is 0. The van der Waals surface area contributed by atoms with E-state index in [-0.39, 0.29) is 5.75 Å². The summed E-state index contributed by atoms with van der Waals surface area (Å²) in [6.07, 6.45) is 7.47. The first-order valence-electron chi connectivity index (χ1n) is 8.00. The highest BCUT2D eigenvalue weighted by Gasteiger charge is 2.13. The number of aliphatic hydroxyl groups excluding tert-OH is 1. The van der Waals surface area contributed by atoms with Crippen molar-refractivity contribution in [2.24, 2.45) is 0 Å². The Bertz CT molecular complexity index is 803. The van der Waals surface area contributed by atoms with Gasteiger partial charge in [-0.25, -0.2) is 0 Å². The van der Waals surface area contributed by atoms with Crippen LogP contribution in [0.15, 0.2) is 47.4 Å². The van der Waals surface area contributed by atoms with Crippen LogP contribution in [0.5, 0.6) is 5.75 Å². The van der Waals surface area contributed by atoms with Crippen LogP contribution in [0.2, 0.25) is 0 Å². The number of pyridine rings is 1. The van der Waals surface area contributed by atoms with Crippen LogP contribution in [0.4, 0.5) is 0 Å². The lowest BCUT2D eigenvalue weighted by atomic mass is 9.93. The summed E-state index contributed by atoms with van der Waals surface area (Å²) < 4.78 is 1.67. The van der Waals surface area contributed by atoms with E-state index in [4.69, 9.17) is 0 Å². The van der Waals surface area contributed by atoms with Gasteiger partial charge in [-0.15, -0.1) is 0 Å². The van der Waals surface area contributed by atoms with Gasteiger partial charge in [-0.05, 0) is 55.9 Å². The molecule has 0 amide bonds. The van der Waals surface area contributed by atoms with E-state index in [9.17, 15) is 15.0 Å². The molecule has 1 aromatic carbocycles. The van der Waals surface area contributed by atoms with Crippen LogP contribution in [0.3, 0.4) is 0 Å². The Balaban J connectivity index is 2.10. The largest absolute Gasteiger partial charge is 0.503 e. The van der Waals surface area contributed by atoms with Gasteiger partial charge in [-0.1, -0.05) is 18.2 Å². The summed E-state index contributed by atoms with van der Waals surface area (Å²) in [6.45, 7) is 1.61. The first kappa shape index (κ1) is 15.6. The molecule has 0 aliphatic heterocycles. The van der Waals surface area contributed by atoms with Gasteiger partial charge < -0.3 is 14.8 Å². The maximum atomic E-state index is 11.7. The van der Waals surface area contributed by atoms with Crippen LogP contribution in [0.1, 0.15) is 50.0 Å². The molecule has 0 spiro atoms. The number of benzene rings is 1. The third kappa shape index (κ3) is 3.22. The van der Waals surface area contributed by atoms with E-state index < -0.39 is 11.5 Å². The number of hydrogen-bond donors (Lipinski definition) is 2. The van der Waals surface area contributed by atoms with Crippen molar-refractivity contribution in [1.29, 1.82) is 0 Å². The van der Waals surface area contributed by atoms with Gasteiger partial charge in [0.1, 0.15) is 0 Å². The fourth-order valence-electron chi connectivity index (χ4n) is 3.04. The number of aromatic nitrogens is 1. The van der Waals surface area contributed by atoms with E-state index in [2.05, 4.69) is 12.1 Å². The van der Waals surface area contributed by atoms with Gasteiger partial charge >= 0.3 is 0 Å². The quantitative estimate of drug-likeness (QED) is 0.911. The molecule has 0 saturated carbocycles. The first-order valence-corrected chi connectivity index (χ1v) is 8.00. The Labute approximate surface area is 135 Å². The second kappa shape index (κ2) is 6.42. The molecule has 4 heteroatoms. The van der Waals surface area contributed by atoms with Crippen molar-refractivity contribution in [1.82, 2.24) is 4.57 Å². The monoisotopic (exact) mass is 311 g/mol. The van der Waals surface area contributed by atoms with Gasteiger partial charge in [0.15, 0.2) is 5.75 Å². The van der Waals surface area contributed by atoms with Gasteiger partial charge in [-0.2, -0.15) is 0 Å². The first-order chi connectivity index (χ1) is 11.1. The highest BCUT2D eigenvalue weighted by atomic mass is 16.3. The predicted molar refractivity (Wildman–Crippen MR) is 90.8 cm³/mol. The lowest BCUT2D eigenvalue weighted by molar-refractivity contribution is 0.191.